The molecular weight excluding hydrogens is 244 g/mol. The molecule has 102 valence electrons. The molecule has 0 N–H and O–H groups in total. The SMILES string of the molecule is CN(C)c1nc(=O)n(C2CC3C=CC2C3)c(=O)n1C. The quantitative estimate of drug-likeness (QED) is 0.712. The summed E-state index contributed by atoms with van der Waals surface area (Å²) >= 11 is 0. The van der Waals surface area contributed by atoms with E-state index in [1.54, 1.807) is 26.0 Å². The lowest BCUT2D eigenvalue weighted by atomic mass is 10.0. The zero-order valence-electron chi connectivity index (χ0n) is 11.4. The van der Waals surface area contributed by atoms with Gasteiger partial charge in [0.15, 0.2) is 0 Å². The molecule has 1 aromatic rings. The Morgan fingerprint density at radius 2 is 2.00 bits per heavy atom. The van der Waals surface area contributed by atoms with Crippen LogP contribution >= 0.6 is 0 Å². The number of hydrogen-bond acceptors (Lipinski definition) is 4. The van der Waals surface area contributed by atoms with Crippen LogP contribution in [-0.4, -0.2) is 28.2 Å². The molecule has 0 aliphatic heterocycles. The second-order valence-electron chi connectivity index (χ2n) is 5.65. The minimum absolute atomic E-state index is 0.0232. The van der Waals surface area contributed by atoms with Gasteiger partial charge in [0.25, 0.3) is 0 Å². The summed E-state index contributed by atoms with van der Waals surface area (Å²) in [5.74, 6) is 1.22. The predicted octanol–water partition coefficient (Wildman–Crippen LogP) is 0.145. The molecule has 0 aromatic carbocycles. The first-order valence-electron chi connectivity index (χ1n) is 6.54. The van der Waals surface area contributed by atoms with Crippen molar-refractivity contribution in [2.24, 2.45) is 18.9 Å². The van der Waals surface area contributed by atoms with Gasteiger partial charge in [0.1, 0.15) is 0 Å². The molecule has 0 saturated heterocycles. The van der Waals surface area contributed by atoms with E-state index in [4.69, 9.17) is 0 Å². The van der Waals surface area contributed by atoms with E-state index in [9.17, 15) is 9.59 Å². The molecule has 0 spiro atoms. The third-order valence-corrected chi connectivity index (χ3v) is 4.17. The van der Waals surface area contributed by atoms with E-state index in [0.717, 1.165) is 12.8 Å². The summed E-state index contributed by atoms with van der Waals surface area (Å²) in [6.45, 7) is 0. The highest BCUT2D eigenvalue weighted by Crippen LogP contribution is 2.45. The Hall–Kier alpha value is -1.85. The summed E-state index contributed by atoms with van der Waals surface area (Å²) in [5.41, 5.74) is -0.701. The molecule has 1 aromatic heterocycles. The van der Waals surface area contributed by atoms with Crippen LogP contribution in [0.1, 0.15) is 18.9 Å². The lowest BCUT2D eigenvalue weighted by molar-refractivity contribution is 0.386. The standard InChI is InChI=1S/C13H18N4O2/c1-15(2)11-14-12(18)17(13(19)16(11)3)10-7-8-4-5-9(10)6-8/h4-5,8-10H,6-7H2,1-3H3. The minimum atomic E-state index is -0.433. The molecule has 3 rings (SSSR count). The third-order valence-electron chi connectivity index (χ3n) is 4.17. The molecule has 0 radical (unpaired) electrons. The molecule has 1 fully saturated rings. The number of hydrogen-bond donors (Lipinski definition) is 0. The topological polar surface area (TPSA) is 60.1 Å². The number of anilines is 1. The van der Waals surface area contributed by atoms with Gasteiger partial charge in [-0.05, 0) is 24.7 Å². The van der Waals surface area contributed by atoms with Crippen molar-refractivity contribution in [3.63, 3.8) is 0 Å². The molecule has 1 saturated carbocycles. The molecule has 19 heavy (non-hydrogen) atoms. The molecule has 2 bridgehead atoms. The first kappa shape index (κ1) is 12.2. The van der Waals surface area contributed by atoms with Crippen molar-refractivity contribution in [2.45, 2.75) is 18.9 Å². The highest BCUT2D eigenvalue weighted by atomic mass is 16.2. The van der Waals surface area contributed by atoms with Crippen LogP contribution in [0.4, 0.5) is 5.95 Å². The summed E-state index contributed by atoms with van der Waals surface area (Å²) in [4.78, 5) is 30.3. The van der Waals surface area contributed by atoms with Crippen LogP contribution in [0.25, 0.3) is 0 Å². The largest absolute Gasteiger partial charge is 0.355 e. The lowest BCUT2D eigenvalue weighted by Crippen LogP contribution is -2.45. The first-order valence-corrected chi connectivity index (χ1v) is 6.54. The third kappa shape index (κ3) is 1.74. The predicted molar refractivity (Wildman–Crippen MR) is 72.5 cm³/mol. The average Bonchev–Trinajstić information content (AvgIpc) is 2.96. The number of nitrogens with zero attached hydrogens (tertiary/aromatic N) is 4. The second-order valence-corrected chi connectivity index (χ2v) is 5.65. The first-order chi connectivity index (χ1) is 8.99. The van der Waals surface area contributed by atoms with Gasteiger partial charge in [-0.15, -0.1) is 0 Å². The normalized spacial score (nSPS) is 28.1. The van der Waals surface area contributed by atoms with Gasteiger partial charge in [-0.1, -0.05) is 12.2 Å². The summed E-state index contributed by atoms with van der Waals surface area (Å²) < 4.78 is 2.78. The maximum atomic E-state index is 12.4. The molecule has 3 atom stereocenters. The summed E-state index contributed by atoms with van der Waals surface area (Å²) in [6, 6.07) is -0.0232. The second kappa shape index (κ2) is 4.08. The van der Waals surface area contributed by atoms with E-state index in [0.29, 0.717) is 17.8 Å². The molecule has 3 unspecified atom stereocenters. The zero-order chi connectivity index (χ0) is 13.7. The highest BCUT2D eigenvalue weighted by molar-refractivity contribution is 5.26. The fraction of sp³-hybridized carbons (Fsp3) is 0.615. The monoisotopic (exact) mass is 262 g/mol. The number of allylic oxidation sites excluding steroid dienone is 2. The van der Waals surface area contributed by atoms with Crippen LogP contribution in [0.3, 0.4) is 0 Å². The Kier molecular flexibility index (Phi) is 2.62. The molecule has 2 aliphatic carbocycles. The summed E-state index contributed by atoms with van der Waals surface area (Å²) in [6.07, 6.45) is 6.25. The van der Waals surface area contributed by atoms with Crippen molar-refractivity contribution in [1.82, 2.24) is 14.1 Å². The van der Waals surface area contributed by atoms with Crippen LogP contribution in [0.2, 0.25) is 0 Å². The van der Waals surface area contributed by atoms with E-state index in [-0.39, 0.29) is 11.7 Å². The van der Waals surface area contributed by atoms with Crippen molar-refractivity contribution in [3.05, 3.63) is 33.1 Å². The van der Waals surface area contributed by atoms with Gasteiger partial charge in [0, 0.05) is 21.1 Å². The molecule has 1 heterocycles. The van der Waals surface area contributed by atoms with Crippen molar-refractivity contribution >= 4 is 5.95 Å². The van der Waals surface area contributed by atoms with Gasteiger partial charge in [0.05, 0.1) is 6.04 Å². The number of rotatable bonds is 2. The molecule has 0 amide bonds. The van der Waals surface area contributed by atoms with Gasteiger partial charge >= 0.3 is 11.4 Å². The molecule has 6 heteroatoms. The van der Waals surface area contributed by atoms with Crippen LogP contribution < -0.4 is 16.3 Å². The zero-order valence-corrected chi connectivity index (χ0v) is 11.4. The maximum absolute atomic E-state index is 12.4. The Morgan fingerprint density at radius 3 is 2.53 bits per heavy atom. The van der Waals surface area contributed by atoms with Crippen molar-refractivity contribution < 1.29 is 0 Å². The van der Waals surface area contributed by atoms with E-state index < -0.39 is 5.69 Å². The molecule has 6 nitrogen and oxygen atoms in total. The summed E-state index contributed by atoms with van der Waals surface area (Å²) in [7, 11) is 5.20. The van der Waals surface area contributed by atoms with Gasteiger partial charge < -0.3 is 4.90 Å². The van der Waals surface area contributed by atoms with Crippen LogP contribution in [0.5, 0.6) is 0 Å². The molecule has 2 aliphatic rings. The van der Waals surface area contributed by atoms with E-state index in [1.807, 2.05) is 0 Å². The van der Waals surface area contributed by atoms with Crippen LogP contribution in [0, 0.1) is 11.8 Å². The van der Waals surface area contributed by atoms with Gasteiger partial charge in [-0.3, -0.25) is 4.57 Å². The smallest absolute Gasteiger partial charge is 0.348 e. The molecular formula is C13H18N4O2. The van der Waals surface area contributed by atoms with Crippen LogP contribution in [-0.2, 0) is 7.05 Å². The lowest BCUT2D eigenvalue weighted by Gasteiger charge is -2.22. The van der Waals surface area contributed by atoms with E-state index in [1.165, 1.54) is 9.13 Å². The van der Waals surface area contributed by atoms with Crippen molar-refractivity contribution in [1.29, 1.82) is 0 Å². The fourth-order valence-corrected chi connectivity index (χ4v) is 3.28. The Morgan fingerprint density at radius 1 is 1.26 bits per heavy atom. The van der Waals surface area contributed by atoms with Gasteiger partial charge in [-0.2, -0.15) is 4.98 Å². The highest BCUT2D eigenvalue weighted by Gasteiger charge is 2.38. The number of aromatic nitrogens is 3. The Bertz CT molecular complexity index is 656. The maximum Gasteiger partial charge on any atom is 0.355 e. The fourth-order valence-electron chi connectivity index (χ4n) is 3.28. The Balaban J connectivity index is 2.13. The van der Waals surface area contributed by atoms with Gasteiger partial charge in [-0.25, -0.2) is 14.2 Å². The van der Waals surface area contributed by atoms with Gasteiger partial charge in [0.2, 0.25) is 5.95 Å². The van der Waals surface area contributed by atoms with Crippen LogP contribution in [0.15, 0.2) is 21.7 Å². The minimum Gasteiger partial charge on any atom is -0.348 e. The van der Waals surface area contributed by atoms with Crippen molar-refractivity contribution in [3.8, 4) is 0 Å². The van der Waals surface area contributed by atoms with E-state index >= 15 is 0 Å². The van der Waals surface area contributed by atoms with Crippen molar-refractivity contribution in [2.75, 3.05) is 19.0 Å². The Labute approximate surface area is 111 Å². The summed E-state index contributed by atoms with van der Waals surface area (Å²) in [5, 5.41) is 0. The number of fused-ring (bicyclic) bond motifs is 2. The average molecular weight is 262 g/mol. The van der Waals surface area contributed by atoms with E-state index in [2.05, 4.69) is 17.1 Å².